The maximum absolute atomic E-state index is 14.6. The van der Waals surface area contributed by atoms with E-state index < -0.39 is 17.4 Å². The minimum absolute atomic E-state index is 0.00226. The third-order valence-corrected chi connectivity index (χ3v) is 6.50. The fourth-order valence-corrected chi connectivity index (χ4v) is 4.77. The van der Waals surface area contributed by atoms with Crippen LogP contribution in [0.3, 0.4) is 0 Å². The van der Waals surface area contributed by atoms with Gasteiger partial charge in [-0.3, -0.25) is 4.40 Å². The van der Waals surface area contributed by atoms with Crippen molar-refractivity contribution in [3.63, 3.8) is 0 Å². The number of nitriles is 1. The van der Waals surface area contributed by atoms with E-state index in [1.54, 1.807) is 28.9 Å². The third kappa shape index (κ3) is 4.49. The van der Waals surface area contributed by atoms with Crippen molar-refractivity contribution < 1.29 is 13.9 Å². The minimum atomic E-state index is -0.804. The number of nitrogens with two attached hydrogens (primary N) is 1. The van der Waals surface area contributed by atoms with Crippen molar-refractivity contribution in [1.82, 2.24) is 14.4 Å². The molecule has 0 aliphatic heterocycles. The molecular formula is C28H22F2N6O. The number of benzene rings is 2. The largest absolute Gasteiger partial charge is 0.505 e. The summed E-state index contributed by atoms with van der Waals surface area (Å²) in [6.45, 7) is 3.56. The van der Waals surface area contributed by atoms with Crippen LogP contribution in [0.4, 0.5) is 14.6 Å². The van der Waals surface area contributed by atoms with E-state index in [-0.39, 0.29) is 23.6 Å². The molecule has 5 rings (SSSR count). The van der Waals surface area contributed by atoms with E-state index in [1.807, 2.05) is 12.1 Å². The van der Waals surface area contributed by atoms with Crippen molar-refractivity contribution in [3.05, 3.63) is 90.1 Å². The number of hydrogen-bond acceptors (Lipinski definition) is 6. The molecule has 1 saturated carbocycles. The Balaban J connectivity index is 1.69. The SMILES string of the molecule is C=C=C=CC1C[C@@H](N)C[C@@H]1Nc1nccn2c(-c3ccc(O)c(F)c3)c(-c3ccc(C#N)c(F)c3)nc12. The summed E-state index contributed by atoms with van der Waals surface area (Å²) in [5.41, 5.74) is 13.7. The van der Waals surface area contributed by atoms with Gasteiger partial charge < -0.3 is 16.2 Å². The van der Waals surface area contributed by atoms with Gasteiger partial charge in [-0.15, -0.1) is 0 Å². The second-order valence-corrected chi connectivity index (χ2v) is 8.89. The zero-order valence-corrected chi connectivity index (χ0v) is 19.6. The van der Waals surface area contributed by atoms with Crippen LogP contribution in [0.1, 0.15) is 18.4 Å². The minimum Gasteiger partial charge on any atom is -0.505 e. The molecule has 0 saturated heterocycles. The van der Waals surface area contributed by atoms with Crippen LogP contribution in [0.2, 0.25) is 0 Å². The molecule has 0 bridgehead atoms. The first-order chi connectivity index (χ1) is 17.9. The molecule has 1 fully saturated rings. The molecule has 3 atom stereocenters. The van der Waals surface area contributed by atoms with Crippen molar-refractivity contribution in [2.75, 3.05) is 5.32 Å². The summed E-state index contributed by atoms with van der Waals surface area (Å²) in [4.78, 5) is 9.28. The van der Waals surface area contributed by atoms with E-state index in [1.165, 1.54) is 24.3 Å². The molecular weight excluding hydrogens is 474 g/mol. The van der Waals surface area contributed by atoms with Crippen molar-refractivity contribution in [2.45, 2.75) is 24.9 Å². The highest BCUT2D eigenvalue weighted by molar-refractivity contribution is 5.85. The van der Waals surface area contributed by atoms with E-state index in [4.69, 9.17) is 16.0 Å². The number of fused-ring (bicyclic) bond motifs is 1. The second-order valence-electron chi connectivity index (χ2n) is 8.89. The molecule has 0 amide bonds. The number of aromatic nitrogens is 3. The quantitative estimate of drug-likeness (QED) is 0.338. The Hall–Kier alpha value is -4.73. The van der Waals surface area contributed by atoms with Gasteiger partial charge in [0.1, 0.15) is 11.9 Å². The Bertz CT molecular complexity index is 1640. The Morgan fingerprint density at radius 1 is 1.16 bits per heavy atom. The number of phenolic OH excluding ortho intramolecular Hbond substituents is 1. The molecule has 9 heteroatoms. The second kappa shape index (κ2) is 9.73. The van der Waals surface area contributed by atoms with Gasteiger partial charge in [0.05, 0.1) is 17.0 Å². The van der Waals surface area contributed by atoms with Crippen molar-refractivity contribution >= 4 is 11.5 Å². The van der Waals surface area contributed by atoms with Gasteiger partial charge in [-0.25, -0.2) is 18.7 Å². The first-order valence-corrected chi connectivity index (χ1v) is 11.6. The molecule has 0 spiro atoms. The molecule has 4 aromatic rings. The summed E-state index contributed by atoms with van der Waals surface area (Å²) < 4.78 is 30.7. The van der Waals surface area contributed by atoms with Crippen LogP contribution >= 0.6 is 0 Å². The van der Waals surface area contributed by atoms with Crippen LogP contribution in [-0.4, -0.2) is 31.6 Å². The summed E-state index contributed by atoms with van der Waals surface area (Å²) in [5, 5.41) is 22.3. The molecule has 1 aliphatic rings. The van der Waals surface area contributed by atoms with Crippen molar-refractivity contribution in [2.24, 2.45) is 11.7 Å². The number of anilines is 1. The van der Waals surface area contributed by atoms with E-state index in [0.717, 1.165) is 6.42 Å². The number of phenols is 1. The molecule has 37 heavy (non-hydrogen) atoms. The molecule has 1 aliphatic carbocycles. The van der Waals surface area contributed by atoms with Gasteiger partial charge in [0.2, 0.25) is 0 Å². The van der Waals surface area contributed by atoms with Crippen molar-refractivity contribution in [3.8, 4) is 34.3 Å². The Labute approximate surface area is 211 Å². The summed E-state index contributed by atoms with van der Waals surface area (Å²) in [5.74, 6) is -1.43. The third-order valence-electron chi connectivity index (χ3n) is 6.50. The molecule has 2 aromatic heterocycles. The normalized spacial score (nSPS) is 18.7. The summed E-state index contributed by atoms with van der Waals surface area (Å²) in [7, 11) is 0. The standard InChI is InChI=1S/C28H22F2N6O/c1-2-3-4-16-11-20(32)14-23(16)34-27-28-35-25(17-5-6-19(15-31)21(29)12-17)26(36(28)10-9-33-27)18-7-8-24(37)22(30)13-18/h4-10,12-13,16,20,23,37H,1,11,14,32H2,(H,33,34)/t16?,20-,23+/m1/s1. The number of rotatable bonds is 5. The van der Waals surface area contributed by atoms with Gasteiger partial charge in [-0.2, -0.15) is 5.26 Å². The van der Waals surface area contributed by atoms with Crippen LogP contribution in [0.25, 0.3) is 28.2 Å². The molecule has 184 valence electrons. The van der Waals surface area contributed by atoms with E-state index in [0.29, 0.717) is 40.4 Å². The first-order valence-electron chi connectivity index (χ1n) is 11.6. The van der Waals surface area contributed by atoms with Crippen LogP contribution in [-0.2, 0) is 0 Å². The fourth-order valence-electron chi connectivity index (χ4n) is 4.77. The Kier molecular flexibility index (Phi) is 6.31. The maximum Gasteiger partial charge on any atom is 0.181 e. The van der Waals surface area contributed by atoms with E-state index >= 15 is 0 Å². The first kappa shape index (κ1) is 24.0. The number of aromatic hydroxyl groups is 1. The number of halogens is 2. The van der Waals surface area contributed by atoms with Crippen LogP contribution in [0, 0.1) is 28.9 Å². The highest BCUT2D eigenvalue weighted by Gasteiger charge is 2.32. The molecule has 1 unspecified atom stereocenters. The lowest BCUT2D eigenvalue weighted by Crippen LogP contribution is -2.24. The monoisotopic (exact) mass is 496 g/mol. The molecule has 7 nitrogen and oxygen atoms in total. The van der Waals surface area contributed by atoms with E-state index in [2.05, 4.69) is 28.3 Å². The van der Waals surface area contributed by atoms with Crippen LogP contribution < -0.4 is 11.1 Å². The number of hydrogen-bond donors (Lipinski definition) is 3. The van der Waals surface area contributed by atoms with Gasteiger partial charge in [-0.1, -0.05) is 17.5 Å². The predicted molar refractivity (Wildman–Crippen MR) is 135 cm³/mol. The van der Waals surface area contributed by atoms with Gasteiger partial charge in [-0.05, 0) is 55.8 Å². The highest BCUT2D eigenvalue weighted by atomic mass is 19.1. The number of imidazole rings is 1. The number of nitrogens with zero attached hydrogens (tertiary/aromatic N) is 4. The van der Waals surface area contributed by atoms with Crippen LogP contribution in [0.15, 0.2) is 72.9 Å². The molecule has 4 N–H and O–H groups in total. The molecule has 0 radical (unpaired) electrons. The zero-order valence-electron chi connectivity index (χ0n) is 19.6. The lowest BCUT2D eigenvalue weighted by molar-refractivity contribution is 0.432. The molecule has 2 heterocycles. The Morgan fingerprint density at radius 2 is 1.95 bits per heavy atom. The topological polar surface area (TPSA) is 112 Å². The highest BCUT2D eigenvalue weighted by Crippen LogP contribution is 2.37. The molecule has 2 aromatic carbocycles. The van der Waals surface area contributed by atoms with Crippen molar-refractivity contribution in [1.29, 1.82) is 5.26 Å². The van der Waals surface area contributed by atoms with Gasteiger partial charge in [0.15, 0.2) is 23.0 Å². The fraction of sp³-hybridized carbons (Fsp3) is 0.179. The average molecular weight is 497 g/mol. The van der Waals surface area contributed by atoms with Gasteiger partial charge in [0.25, 0.3) is 0 Å². The smallest absolute Gasteiger partial charge is 0.181 e. The van der Waals surface area contributed by atoms with Crippen LogP contribution in [0.5, 0.6) is 5.75 Å². The van der Waals surface area contributed by atoms with E-state index in [9.17, 15) is 13.9 Å². The number of nitrogens with one attached hydrogen (secondary N) is 1. The Morgan fingerprint density at radius 3 is 2.68 bits per heavy atom. The lowest BCUT2D eigenvalue weighted by Gasteiger charge is -2.18. The predicted octanol–water partition coefficient (Wildman–Crippen LogP) is 4.93. The summed E-state index contributed by atoms with van der Waals surface area (Å²) in [6, 6.07) is 9.93. The maximum atomic E-state index is 14.6. The average Bonchev–Trinajstić information content (AvgIpc) is 3.45. The van der Waals surface area contributed by atoms with Gasteiger partial charge in [0, 0.05) is 41.5 Å². The summed E-state index contributed by atoms with van der Waals surface area (Å²) in [6.07, 6.45) is 6.61. The van der Waals surface area contributed by atoms with Gasteiger partial charge >= 0.3 is 0 Å². The zero-order chi connectivity index (χ0) is 26.1. The summed E-state index contributed by atoms with van der Waals surface area (Å²) >= 11 is 0. The lowest BCUT2D eigenvalue weighted by atomic mass is 10.0.